The van der Waals surface area contributed by atoms with Gasteiger partial charge in [-0.25, -0.2) is 4.99 Å². The minimum Gasteiger partial charge on any atom is -0.309 e. The first-order valence-electron chi connectivity index (χ1n) is 5.63. The zero-order valence-corrected chi connectivity index (χ0v) is 10.6. The lowest BCUT2D eigenvalue weighted by Gasteiger charge is -2.07. The van der Waals surface area contributed by atoms with Crippen LogP contribution < -0.4 is 5.32 Å². The second-order valence-corrected chi connectivity index (χ2v) is 4.49. The number of carbonyl (C=O) groups is 1. The third-order valence-electron chi connectivity index (χ3n) is 2.83. The van der Waals surface area contributed by atoms with Gasteiger partial charge in [0, 0.05) is 0 Å². The van der Waals surface area contributed by atoms with E-state index in [0.717, 1.165) is 5.56 Å². The summed E-state index contributed by atoms with van der Waals surface area (Å²) in [7, 11) is 0. The summed E-state index contributed by atoms with van der Waals surface area (Å²) in [6.07, 6.45) is 1.86. The van der Waals surface area contributed by atoms with Crippen LogP contribution in [-0.2, 0) is 4.79 Å². The third kappa shape index (κ3) is 2.28. The largest absolute Gasteiger partial charge is 0.309 e. The number of amidine groups is 1. The molecule has 1 N–H and O–H groups in total. The molecule has 0 aromatic heterocycles. The molecule has 1 aliphatic heterocycles. The van der Waals surface area contributed by atoms with E-state index >= 15 is 0 Å². The van der Waals surface area contributed by atoms with Gasteiger partial charge in [0.2, 0.25) is 0 Å². The summed E-state index contributed by atoms with van der Waals surface area (Å²) in [6, 6.07) is 4.23. The molecule has 0 fully saturated rings. The average molecular weight is 228 g/mol. The molecule has 88 valence electrons. The van der Waals surface area contributed by atoms with E-state index in [2.05, 4.69) is 43.2 Å². The molecule has 1 aromatic rings. The van der Waals surface area contributed by atoms with Crippen LogP contribution in [-0.4, -0.2) is 11.7 Å². The number of carbonyl (C=O) groups excluding carboxylic acids is 1. The van der Waals surface area contributed by atoms with Crippen LogP contribution in [0.3, 0.4) is 0 Å². The highest BCUT2D eigenvalue weighted by Crippen LogP contribution is 2.21. The maximum absolute atomic E-state index is 11.6. The molecule has 1 aliphatic rings. The summed E-state index contributed by atoms with van der Waals surface area (Å²) in [5.41, 5.74) is 5.14. The Morgan fingerprint density at radius 1 is 1.12 bits per heavy atom. The first-order valence-corrected chi connectivity index (χ1v) is 5.63. The van der Waals surface area contributed by atoms with Crippen LogP contribution in [0.1, 0.15) is 29.2 Å². The predicted molar refractivity (Wildman–Crippen MR) is 69.9 cm³/mol. The Hall–Kier alpha value is -1.90. The molecule has 0 saturated carbocycles. The molecule has 3 nitrogen and oxygen atoms in total. The Balaban J connectivity index is 2.50. The predicted octanol–water partition coefficient (Wildman–Crippen LogP) is 2.50. The van der Waals surface area contributed by atoms with Crippen LogP contribution in [0.25, 0.3) is 6.08 Å². The van der Waals surface area contributed by atoms with Gasteiger partial charge in [-0.3, -0.25) is 4.79 Å². The summed E-state index contributed by atoms with van der Waals surface area (Å²) in [5.74, 6) is 0.533. The summed E-state index contributed by atoms with van der Waals surface area (Å²) in [4.78, 5) is 15.8. The van der Waals surface area contributed by atoms with Crippen LogP contribution in [0.5, 0.6) is 0 Å². The van der Waals surface area contributed by atoms with Crippen molar-refractivity contribution in [3.8, 4) is 0 Å². The van der Waals surface area contributed by atoms with Crippen LogP contribution >= 0.6 is 0 Å². The lowest BCUT2D eigenvalue weighted by atomic mass is 9.99. The molecule has 17 heavy (non-hydrogen) atoms. The van der Waals surface area contributed by atoms with E-state index in [0.29, 0.717) is 11.5 Å². The van der Waals surface area contributed by atoms with E-state index in [1.54, 1.807) is 6.92 Å². The first-order chi connectivity index (χ1) is 7.97. The first kappa shape index (κ1) is 11.6. The number of nitrogens with one attached hydrogen (secondary N) is 1. The van der Waals surface area contributed by atoms with Crippen LogP contribution in [0.2, 0.25) is 0 Å². The van der Waals surface area contributed by atoms with Crippen LogP contribution in [0, 0.1) is 20.8 Å². The normalized spacial score (nSPS) is 17.3. The van der Waals surface area contributed by atoms with Crippen molar-refractivity contribution < 1.29 is 4.79 Å². The second kappa shape index (κ2) is 4.17. The number of aryl methyl sites for hydroxylation is 3. The topological polar surface area (TPSA) is 41.5 Å². The number of aliphatic imine (C=N–C) groups is 1. The maximum atomic E-state index is 11.6. The van der Waals surface area contributed by atoms with Crippen molar-refractivity contribution in [1.29, 1.82) is 0 Å². The monoisotopic (exact) mass is 228 g/mol. The second-order valence-electron chi connectivity index (χ2n) is 4.49. The van der Waals surface area contributed by atoms with Crippen molar-refractivity contribution in [2.45, 2.75) is 27.7 Å². The highest BCUT2D eigenvalue weighted by Gasteiger charge is 2.17. The summed E-state index contributed by atoms with van der Waals surface area (Å²) >= 11 is 0. The zero-order valence-electron chi connectivity index (χ0n) is 10.6. The molecule has 0 atom stereocenters. The highest BCUT2D eigenvalue weighted by molar-refractivity contribution is 6.13. The highest BCUT2D eigenvalue weighted by atomic mass is 16.2. The van der Waals surface area contributed by atoms with Crippen molar-refractivity contribution in [1.82, 2.24) is 5.32 Å². The van der Waals surface area contributed by atoms with Gasteiger partial charge < -0.3 is 5.32 Å². The molecule has 1 amide bonds. The lowest BCUT2D eigenvalue weighted by molar-refractivity contribution is -0.115. The maximum Gasteiger partial charge on any atom is 0.275 e. The summed E-state index contributed by atoms with van der Waals surface area (Å²) in [5, 5.41) is 2.68. The fraction of sp³-hybridized carbons (Fsp3) is 0.286. The molecule has 0 unspecified atom stereocenters. The van der Waals surface area contributed by atoms with Gasteiger partial charge in [0.25, 0.3) is 5.91 Å². The van der Waals surface area contributed by atoms with Gasteiger partial charge >= 0.3 is 0 Å². The number of hydrogen-bond acceptors (Lipinski definition) is 2. The fourth-order valence-electron chi connectivity index (χ4n) is 2.14. The van der Waals surface area contributed by atoms with Crippen molar-refractivity contribution in [3.63, 3.8) is 0 Å². The Morgan fingerprint density at radius 3 is 2.18 bits per heavy atom. The smallest absolute Gasteiger partial charge is 0.275 e. The van der Waals surface area contributed by atoms with Gasteiger partial charge in [0.15, 0.2) is 0 Å². The quantitative estimate of drug-likeness (QED) is 0.737. The number of hydrogen-bond donors (Lipinski definition) is 1. The Bertz CT molecular complexity index is 530. The number of benzene rings is 1. The molecular formula is C14H16N2O. The summed E-state index contributed by atoms with van der Waals surface area (Å²) in [6.45, 7) is 7.96. The van der Waals surface area contributed by atoms with Gasteiger partial charge in [0.05, 0.1) is 0 Å². The molecule has 1 heterocycles. The fourth-order valence-corrected chi connectivity index (χ4v) is 2.14. The molecule has 0 bridgehead atoms. The molecular weight excluding hydrogens is 212 g/mol. The van der Waals surface area contributed by atoms with Crippen molar-refractivity contribution in [3.05, 3.63) is 40.1 Å². The molecule has 0 radical (unpaired) electrons. The minimum absolute atomic E-state index is 0.123. The molecule has 0 saturated heterocycles. The molecule has 2 rings (SSSR count). The molecule has 3 heteroatoms. The van der Waals surface area contributed by atoms with Crippen LogP contribution in [0.15, 0.2) is 22.8 Å². The van der Waals surface area contributed by atoms with E-state index in [4.69, 9.17) is 0 Å². The standard InChI is InChI=1S/C14H16N2O/c1-8-5-9(2)12(10(3)6-8)7-13-14(17)16-11(4)15-13/h5-7H,1-4H3,(H,15,16,17)/b13-7-. The van der Waals surface area contributed by atoms with E-state index in [-0.39, 0.29) is 5.91 Å². The number of rotatable bonds is 1. The van der Waals surface area contributed by atoms with E-state index in [1.807, 2.05) is 6.08 Å². The van der Waals surface area contributed by atoms with E-state index < -0.39 is 0 Å². The zero-order chi connectivity index (χ0) is 12.6. The summed E-state index contributed by atoms with van der Waals surface area (Å²) < 4.78 is 0. The van der Waals surface area contributed by atoms with Gasteiger partial charge in [-0.15, -0.1) is 0 Å². The Kier molecular flexibility index (Phi) is 2.84. The van der Waals surface area contributed by atoms with Crippen LogP contribution in [0.4, 0.5) is 0 Å². The number of nitrogens with zero attached hydrogens (tertiary/aromatic N) is 1. The SMILES string of the molecule is CC1=N/C(=C\c2c(C)cc(C)cc2C)C(=O)N1. The van der Waals surface area contributed by atoms with Crippen molar-refractivity contribution in [2.24, 2.45) is 4.99 Å². The number of amides is 1. The van der Waals surface area contributed by atoms with E-state index in [9.17, 15) is 4.79 Å². The van der Waals surface area contributed by atoms with Gasteiger partial charge in [0.1, 0.15) is 11.5 Å². The average Bonchev–Trinajstić information content (AvgIpc) is 2.51. The van der Waals surface area contributed by atoms with E-state index in [1.165, 1.54) is 16.7 Å². The third-order valence-corrected chi connectivity index (χ3v) is 2.83. The van der Waals surface area contributed by atoms with Crippen molar-refractivity contribution in [2.75, 3.05) is 0 Å². The molecule has 0 spiro atoms. The van der Waals surface area contributed by atoms with Crippen molar-refractivity contribution >= 4 is 17.8 Å². The molecule has 1 aromatic carbocycles. The molecule has 0 aliphatic carbocycles. The Labute approximate surface area is 101 Å². The van der Waals surface area contributed by atoms with Gasteiger partial charge in [-0.1, -0.05) is 17.7 Å². The Morgan fingerprint density at radius 2 is 1.71 bits per heavy atom. The lowest BCUT2D eigenvalue weighted by Crippen LogP contribution is -2.21. The van der Waals surface area contributed by atoms with Gasteiger partial charge in [-0.2, -0.15) is 0 Å². The minimum atomic E-state index is -0.123. The van der Waals surface area contributed by atoms with Gasteiger partial charge in [-0.05, 0) is 50.5 Å².